The molecule has 1 atom stereocenters. The number of thiocarbonyl (C=S) groups is 1. The highest BCUT2D eigenvalue weighted by Gasteiger charge is 2.16. The minimum atomic E-state index is -0.373. The van der Waals surface area contributed by atoms with Gasteiger partial charge in [0.1, 0.15) is 5.75 Å². The molecule has 0 spiro atoms. The van der Waals surface area contributed by atoms with Crippen LogP contribution in [0.3, 0.4) is 0 Å². The van der Waals surface area contributed by atoms with Gasteiger partial charge in [-0.05, 0) is 31.0 Å². The number of carbonyl (C=O) groups is 1. The molecule has 0 aliphatic heterocycles. The number of phenols is 1. The molecule has 1 amide bonds. The smallest absolute Gasteiger partial charge is 0.255 e. The van der Waals surface area contributed by atoms with Gasteiger partial charge in [0.2, 0.25) is 0 Å². The topological polar surface area (TPSA) is 75.3 Å². The van der Waals surface area contributed by atoms with Crippen molar-refractivity contribution in [3.8, 4) is 5.75 Å². The Hall–Kier alpha value is -1.62. The van der Waals surface area contributed by atoms with Gasteiger partial charge in [-0.25, -0.2) is 0 Å². The highest BCUT2D eigenvalue weighted by molar-refractivity contribution is 7.80. The molecule has 5 heteroatoms. The third-order valence-corrected chi connectivity index (χ3v) is 2.74. The second kappa shape index (κ2) is 5.63. The molecule has 0 radical (unpaired) electrons. The number of carbonyl (C=O) groups excluding carboxylic acids is 1. The lowest BCUT2D eigenvalue weighted by Crippen LogP contribution is -2.43. The van der Waals surface area contributed by atoms with E-state index in [-0.39, 0.29) is 28.3 Å². The van der Waals surface area contributed by atoms with Gasteiger partial charge in [-0.2, -0.15) is 0 Å². The summed E-state index contributed by atoms with van der Waals surface area (Å²) in [6, 6.07) is 4.53. The molecule has 1 aromatic rings. The van der Waals surface area contributed by atoms with Crippen molar-refractivity contribution < 1.29 is 9.90 Å². The molecule has 0 bridgehead atoms. The number of rotatable bonds is 4. The van der Waals surface area contributed by atoms with Crippen molar-refractivity contribution in [2.24, 2.45) is 5.73 Å². The molecule has 0 fully saturated rings. The Kier molecular flexibility index (Phi) is 4.45. The van der Waals surface area contributed by atoms with E-state index in [0.29, 0.717) is 6.42 Å². The van der Waals surface area contributed by atoms with E-state index < -0.39 is 0 Å². The maximum Gasteiger partial charge on any atom is 0.255 e. The zero-order valence-corrected chi connectivity index (χ0v) is 10.7. The van der Waals surface area contributed by atoms with Crippen molar-refractivity contribution in [1.29, 1.82) is 0 Å². The van der Waals surface area contributed by atoms with Gasteiger partial charge in [0.15, 0.2) is 0 Å². The van der Waals surface area contributed by atoms with Crippen molar-refractivity contribution >= 4 is 23.1 Å². The lowest BCUT2D eigenvalue weighted by Gasteiger charge is -2.15. The van der Waals surface area contributed by atoms with Crippen LogP contribution in [0.4, 0.5) is 0 Å². The monoisotopic (exact) mass is 252 g/mol. The molecule has 17 heavy (non-hydrogen) atoms. The van der Waals surface area contributed by atoms with Gasteiger partial charge in [-0.15, -0.1) is 0 Å². The molecule has 1 aromatic carbocycles. The summed E-state index contributed by atoms with van der Waals surface area (Å²) in [7, 11) is 0. The van der Waals surface area contributed by atoms with Crippen LogP contribution < -0.4 is 11.1 Å². The quantitative estimate of drug-likeness (QED) is 0.710. The van der Waals surface area contributed by atoms with Gasteiger partial charge in [-0.3, -0.25) is 4.79 Å². The summed E-state index contributed by atoms with van der Waals surface area (Å²) in [4.78, 5) is 12.1. The number of hydrogen-bond donors (Lipinski definition) is 3. The lowest BCUT2D eigenvalue weighted by atomic mass is 10.1. The van der Waals surface area contributed by atoms with Crippen LogP contribution in [0, 0.1) is 6.92 Å². The highest BCUT2D eigenvalue weighted by Crippen LogP contribution is 2.18. The fraction of sp³-hybridized carbons (Fsp3) is 0.333. The first-order valence-corrected chi connectivity index (χ1v) is 5.76. The summed E-state index contributed by atoms with van der Waals surface area (Å²) >= 11 is 4.84. The Morgan fingerprint density at radius 3 is 2.71 bits per heavy atom. The second-order valence-electron chi connectivity index (χ2n) is 3.86. The Bertz CT molecular complexity index is 446. The predicted octanol–water partition coefficient (Wildman–Crippen LogP) is 1.50. The number of phenolic OH excluding ortho intramolecular Hbond substituents is 1. The molecule has 92 valence electrons. The first-order valence-electron chi connectivity index (χ1n) is 5.35. The minimum Gasteiger partial charge on any atom is -0.507 e. The number of amides is 1. The zero-order chi connectivity index (χ0) is 13.0. The predicted molar refractivity (Wildman–Crippen MR) is 71.2 cm³/mol. The van der Waals surface area contributed by atoms with Gasteiger partial charge in [0.05, 0.1) is 16.6 Å². The van der Waals surface area contributed by atoms with Gasteiger partial charge >= 0.3 is 0 Å². The van der Waals surface area contributed by atoms with Gasteiger partial charge < -0.3 is 16.2 Å². The second-order valence-corrected chi connectivity index (χ2v) is 4.33. The molecular weight excluding hydrogens is 236 g/mol. The average Bonchev–Trinajstić information content (AvgIpc) is 2.24. The molecular formula is C12H16N2O2S. The number of aryl methyl sites for hydroxylation is 1. The fourth-order valence-electron chi connectivity index (χ4n) is 1.44. The summed E-state index contributed by atoms with van der Waals surface area (Å²) in [6.07, 6.45) is 0.619. The van der Waals surface area contributed by atoms with E-state index >= 15 is 0 Å². The van der Waals surface area contributed by atoms with Crippen LogP contribution in [-0.4, -0.2) is 22.0 Å². The molecule has 0 saturated carbocycles. The van der Waals surface area contributed by atoms with Crippen LogP contribution in [0.5, 0.6) is 5.75 Å². The molecule has 1 unspecified atom stereocenters. The van der Waals surface area contributed by atoms with Crippen LogP contribution in [0.15, 0.2) is 18.2 Å². The van der Waals surface area contributed by atoms with Crippen molar-refractivity contribution in [3.63, 3.8) is 0 Å². The van der Waals surface area contributed by atoms with Crippen molar-refractivity contribution in [1.82, 2.24) is 5.32 Å². The molecule has 0 aromatic heterocycles. The summed E-state index contributed by atoms with van der Waals surface area (Å²) in [6.45, 7) is 3.71. The van der Waals surface area contributed by atoms with Crippen molar-refractivity contribution in [2.75, 3.05) is 0 Å². The van der Waals surface area contributed by atoms with Gasteiger partial charge in [0.25, 0.3) is 5.91 Å². The molecule has 4 N–H and O–H groups in total. The van der Waals surface area contributed by atoms with E-state index in [1.165, 1.54) is 6.07 Å². The van der Waals surface area contributed by atoms with Gasteiger partial charge in [-0.1, -0.05) is 25.2 Å². The summed E-state index contributed by atoms with van der Waals surface area (Å²) in [5.74, 6) is -0.414. The fourth-order valence-corrected chi connectivity index (χ4v) is 1.67. The highest BCUT2D eigenvalue weighted by atomic mass is 32.1. The summed E-state index contributed by atoms with van der Waals surface area (Å²) in [5, 5.41) is 12.3. The molecule has 0 aliphatic rings. The van der Waals surface area contributed by atoms with E-state index in [2.05, 4.69) is 5.32 Å². The third kappa shape index (κ3) is 3.42. The Morgan fingerprint density at radius 1 is 1.59 bits per heavy atom. The maximum atomic E-state index is 11.9. The van der Waals surface area contributed by atoms with Crippen LogP contribution in [0.1, 0.15) is 29.3 Å². The number of nitrogens with two attached hydrogens (primary N) is 1. The number of nitrogens with one attached hydrogen (secondary N) is 1. The SMILES string of the molecule is CCC(NC(=O)c1ccc(C)cc1O)C(N)=S. The normalized spacial score (nSPS) is 11.9. The maximum absolute atomic E-state index is 11.9. The Morgan fingerprint density at radius 2 is 2.24 bits per heavy atom. The Labute approximate surface area is 106 Å². The van der Waals surface area contributed by atoms with E-state index in [1.807, 2.05) is 13.8 Å². The molecule has 1 rings (SSSR count). The van der Waals surface area contributed by atoms with Gasteiger partial charge in [0, 0.05) is 0 Å². The summed E-state index contributed by atoms with van der Waals surface area (Å²) in [5.41, 5.74) is 6.61. The average molecular weight is 252 g/mol. The largest absolute Gasteiger partial charge is 0.507 e. The van der Waals surface area contributed by atoms with E-state index in [0.717, 1.165) is 5.56 Å². The van der Waals surface area contributed by atoms with Crippen LogP contribution in [0.2, 0.25) is 0 Å². The molecule has 4 nitrogen and oxygen atoms in total. The van der Waals surface area contributed by atoms with Crippen LogP contribution in [0.25, 0.3) is 0 Å². The van der Waals surface area contributed by atoms with Crippen molar-refractivity contribution in [3.05, 3.63) is 29.3 Å². The summed E-state index contributed by atoms with van der Waals surface area (Å²) < 4.78 is 0. The van der Waals surface area contributed by atoms with Crippen LogP contribution >= 0.6 is 12.2 Å². The number of aromatic hydroxyl groups is 1. The van der Waals surface area contributed by atoms with E-state index in [9.17, 15) is 9.90 Å². The minimum absolute atomic E-state index is 0.0414. The van der Waals surface area contributed by atoms with Crippen molar-refractivity contribution in [2.45, 2.75) is 26.3 Å². The van der Waals surface area contributed by atoms with E-state index in [4.69, 9.17) is 18.0 Å². The first-order chi connectivity index (χ1) is 7.95. The number of benzene rings is 1. The first kappa shape index (κ1) is 13.4. The zero-order valence-electron chi connectivity index (χ0n) is 9.86. The van der Waals surface area contributed by atoms with E-state index in [1.54, 1.807) is 12.1 Å². The third-order valence-electron chi connectivity index (χ3n) is 2.45. The lowest BCUT2D eigenvalue weighted by molar-refractivity contribution is 0.0943. The molecule has 0 saturated heterocycles. The molecule has 0 aliphatic carbocycles. The standard InChI is InChI=1S/C12H16N2O2S/c1-3-9(11(13)17)14-12(16)8-5-4-7(2)6-10(8)15/h4-6,9,15H,3H2,1-2H3,(H2,13,17)(H,14,16). The molecule has 0 heterocycles. The van der Waals surface area contributed by atoms with Crippen LogP contribution in [-0.2, 0) is 0 Å². The number of hydrogen-bond acceptors (Lipinski definition) is 3. The Balaban J connectivity index is 2.86.